The molecule has 1 atom stereocenters. The van der Waals surface area contributed by atoms with E-state index in [4.69, 9.17) is 4.74 Å². The predicted molar refractivity (Wildman–Crippen MR) is 71.7 cm³/mol. The Bertz CT molecular complexity index is 626. The van der Waals surface area contributed by atoms with Crippen molar-refractivity contribution in [1.82, 2.24) is 4.98 Å². The number of aromatic nitrogens is 1. The topological polar surface area (TPSA) is 34.1 Å². The molecule has 3 rings (SSSR count). The van der Waals surface area contributed by atoms with Gasteiger partial charge in [0.2, 0.25) is 0 Å². The van der Waals surface area contributed by atoms with Crippen LogP contribution in [0.15, 0.2) is 42.6 Å². The molecule has 0 saturated carbocycles. The average molecular weight is 294 g/mol. The van der Waals surface area contributed by atoms with Gasteiger partial charge in [-0.15, -0.1) is 0 Å². The Kier molecular flexibility index (Phi) is 3.55. The summed E-state index contributed by atoms with van der Waals surface area (Å²) in [6.45, 7) is 1.03. The van der Waals surface area contributed by atoms with Crippen molar-refractivity contribution in [3.05, 3.63) is 59.4 Å². The maximum absolute atomic E-state index is 12.5. The van der Waals surface area contributed by atoms with Crippen LogP contribution in [0, 0.1) is 0 Å². The first kappa shape index (κ1) is 13.9. The Labute approximate surface area is 119 Å². The van der Waals surface area contributed by atoms with Crippen LogP contribution in [0.2, 0.25) is 0 Å². The number of ether oxygens (including phenoxy) is 1. The van der Waals surface area contributed by atoms with Crippen molar-refractivity contribution >= 4 is 5.69 Å². The van der Waals surface area contributed by atoms with Crippen molar-refractivity contribution in [2.45, 2.75) is 18.8 Å². The first-order valence-electron chi connectivity index (χ1n) is 6.49. The van der Waals surface area contributed by atoms with Gasteiger partial charge < -0.3 is 10.1 Å². The van der Waals surface area contributed by atoms with E-state index in [1.54, 1.807) is 0 Å². The standard InChI is InChI=1S/C15H13F3N2O/c16-15(17,18)14-6-5-11(7-19-14)20-13-9-21-8-10-3-1-2-4-12(10)13/h1-7,13,20H,8-9H2. The number of fused-ring (bicyclic) bond motifs is 1. The molecule has 110 valence electrons. The van der Waals surface area contributed by atoms with Crippen molar-refractivity contribution in [1.29, 1.82) is 0 Å². The molecule has 6 heteroatoms. The van der Waals surface area contributed by atoms with Gasteiger partial charge in [0, 0.05) is 0 Å². The number of benzene rings is 1. The molecule has 0 amide bonds. The lowest BCUT2D eigenvalue weighted by molar-refractivity contribution is -0.141. The zero-order chi connectivity index (χ0) is 14.9. The molecule has 3 nitrogen and oxygen atoms in total. The van der Waals surface area contributed by atoms with Gasteiger partial charge in [-0.2, -0.15) is 13.2 Å². The Balaban J connectivity index is 1.79. The summed E-state index contributed by atoms with van der Waals surface area (Å²) in [4.78, 5) is 3.44. The Morgan fingerprint density at radius 2 is 1.95 bits per heavy atom. The zero-order valence-corrected chi connectivity index (χ0v) is 11.0. The highest BCUT2D eigenvalue weighted by Gasteiger charge is 2.32. The van der Waals surface area contributed by atoms with Crippen LogP contribution in [0.1, 0.15) is 22.9 Å². The molecule has 1 aromatic heterocycles. The number of halogens is 3. The van der Waals surface area contributed by atoms with Gasteiger partial charge in [0.15, 0.2) is 0 Å². The Morgan fingerprint density at radius 3 is 2.67 bits per heavy atom. The lowest BCUT2D eigenvalue weighted by atomic mass is 9.99. The molecule has 0 saturated heterocycles. The molecule has 0 fully saturated rings. The van der Waals surface area contributed by atoms with Gasteiger partial charge in [-0.25, -0.2) is 4.98 Å². The number of hydrogen-bond donors (Lipinski definition) is 1. The molecule has 2 heterocycles. The summed E-state index contributed by atoms with van der Waals surface area (Å²) in [6, 6.07) is 10.1. The molecule has 1 aromatic carbocycles. The third-order valence-corrected chi connectivity index (χ3v) is 3.37. The highest BCUT2D eigenvalue weighted by Crippen LogP contribution is 2.30. The van der Waals surface area contributed by atoms with Crippen molar-refractivity contribution in [3.8, 4) is 0 Å². The van der Waals surface area contributed by atoms with Gasteiger partial charge in [0.25, 0.3) is 0 Å². The molecule has 1 N–H and O–H groups in total. The molecule has 0 spiro atoms. The van der Waals surface area contributed by atoms with E-state index in [0.717, 1.165) is 17.2 Å². The van der Waals surface area contributed by atoms with Gasteiger partial charge in [-0.1, -0.05) is 24.3 Å². The van der Waals surface area contributed by atoms with Gasteiger partial charge in [0.05, 0.1) is 31.1 Å². The van der Waals surface area contributed by atoms with Crippen molar-refractivity contribution < 1.29 is 17.9 Å². The highest BCUT2D eigenvalue weighted by atomic mass is 19.4. The van der Waals surface area contributed by atoms with Crippen LogP contribution in [0.25, 0.3) is 0 Å². The number of nitrogens with zero attached hydrogens (tertiary/aromatic N) is 1. The van der Waals surface area contributed by atoms with Crippen molar-refractivity contribution in [3.63, 3.8) is 0 Å². The van der Waals surface area contributed by atoms with E-state index in [0.29, 0.717) is 18.9 Å². The largest absolute Gasteiger partial charge is 0.433 e. The fourth-order valence-corrected chi connectivity index (χ4v) is 2.35. The van der Waals surface area contributed by atoms with E-state index >= 15 is 0 Å². The first-order chi connectivity index (χ1) is 10.0. The van der Waals surface area contributed by atoms with Crippen molar-refractivity contribution in [2.24, 2.45) is 0 Å². The third kappa shape index (κ3) is 3.00. The van der Waals surface area contributed by atoms with Gasteiger partial charge >= 0.3 is 6.18 Å². The lowest BCUT2D eigenvalue weighted by Gasteiger charge is -2.27. The monoisotopic (exact) mass is 294 g/mol. The number of hydrogen-bond acceptors (Lipinski definition) is 3. The molecular formula is C15H13F3N2O. The fraction of sp³-hybridized carbons (Fsp3) is 0.267. The summed E-state index contributed by atoms with van der Waals surface area (Å²) < 4.78 is 42.9. The highest BCUT2D eigenvalue weighted by molar-refractivity contribution is 5.46. The second kappa shape index (κ2) is 5.37. The van der Waals surface area contributed by atoms with Crippen LogP contribution in [0.4, 0.5) is 18.9 Å². The quantitative estimate of drug-likeness (QED) is 0.915. The van der Waals surface area contributed by atoms with Gasteiger partial charge in [-0.3, -0.25) is 0 Å². The van der Waals surface area contributed by atoms with E-state index in [9.17, 15) is 13.2 Å². The minimum atomic E-state index is -4.42. The fourth-order valence-electron chi connectivity index (χ4n) is 2.35. The second-order valence-electron chi connectivity index (χ2n) is 4.84. The van der Waals surface area contributed by atoms with Crippen LogP contribution in [0.5, 0.6) is 0 Å². The number of pyridine rings is 1. The molecule has 2 aromatic rings. The van der Waals surface area contributed by atoms with E-state index < -0.39 is 11.9 Å². The zero-order valence-electron chi connectivity index (χ0n) is 11.0. The third-order valence-electron chi connectivity index (χ3n) is 3.37. The minimum absolute atomic E-state index is 0.0894. The van der Waals surface area contributed by atoms with Crippen LogP contribution >= 0.6 is 0 Å². The van der Waals surface area contributed by atoms with E-state index in [1.165, 1.54) is 12.3 Å². The molecule has 1 aliphatic heterocycles. The average Bonchev–Trinajstić information content (AvgIpc) is 2.47. The molecule has 21 heavy (non-hydrogen) atoms. The summed E-state index contributed by atoms with van der Waals surface area (Å²) in [6.07, 6.45) is -3.22. The van der Waals surface area contributed by atoms with Crippen LogP contribution < -0.4 is 5.32 Å². The van der Waals surface area contributed by atoms with Crippen LogP contribution in [-0.2, 0) is 17.5 Å². The second-order valence-corrected chi connectivity index (χ2v) is 4.84. The summed E-state index contributed by atoms with van der Waals surface area (Å²) in [7, 11) is 0. The molecule has 0 radical (unpaired) electrons. The molecule has 1 aliphatic rings. The summed E-state index contributed by atoms with van der Waals surface area (Å²) in [5.74, 6) is 0. The maximum Gasteiger partial charge on any atom is 0.433 e. The predicted octanol–water partition coefficient (Wildman–Crippen LogP) is 3.78. The van der Waals surface area contributed by atoms with E-state index in [2.05, 4.69) is 10.3 Å². The molecule has 1 unspecified atom stereocenters. The van der Waals surface area contributed by atoms with Crippen molar-refractivity contribution in [2.75, 3.05) is 11.9 Å². The number of anilines is 1. The normalized spacial score (nSPS) is 18.1. The summed E-state index contributed by atoms with van der Waals surface area (Å²) >= 11 is 0. The molecule has 0 bridgehead atoms. The Hall–Kier alpha value is -2.08. The van der Waals surface area contributed by atoms with Crippen LogP contribution in [-0.4, -0.2) is 11.6 Å². The number of alkyl halides is 3. The van der Waals surface area contributed by atoms with E-state index in [1.807, 2.05) is 24.3 Å². The number of rotatable bonds is 2. The molecule has 0 aliphatic carbocycles. The molecular weight excluding hydrogens is 281 g/mol. The summed E-state index contributed by atoms with van der Waals surface area (Å²) in [5, 5.41) is 3.16. The van der Waals surface area contributed by atoms with Gasteiger partial charge in [0.1, 0.15) is 5.69 Å². The van der Waals surface area contributed by atoms with E-state index in [-0.39, 0.29) is 6.04 Å². The number of nitrogens with one attached hydrogen (secondary N) is 1. The maximum atomic E-state index is 12.5. The minimum Gasteiger partial charge on any atom is -0.375 e. The summed E-state index contributed by atoms with van der Waals surface area (Å²) in [5.41, 5.74) is 1.83. The Morgan fingerprint density at radius 1 is 1.14 bits per heavy atom. The van der Waals surface area contributed by atoms with Crippen LogP contribution in [0.3, 0.4) is 0 Å². The van der Waals surface area contributed by atoms with Gasteiger partial charge in [-0.05, 0) is 23.3 Å². The lowest BCUT2D eigenvalue weighted by Crippen LogP contribution is -2.23. The first-order valence-corrected chi connectivity index (χ1v) is 6.49. The SMILES string of the molecule is FC(F)(F)c1ccc(NC2COCc3ccccc32)cn1. The smallest absolute Gasteiger partial charge is 0.375 e.